The fourth-order valence-electron chi connectivity index (χ4n) is 4.69. The van der Waals surface area contributed by atoms with E-state index in [0.717, 1.165) is 25.7 Å². The molecule has 3 nitrogen and oxygen atoms in total. The van der Waals surface area contributed by atoms with Crippen LogP contribution in [0.5, 0.6) is 0 Å². The van der Waals surface area contributed by atoms with Crippen molar-refractivity contribution in [3.05, 3.63) is 35.9 Å². The van der Waals surface area contributed by atoms with Crippen LogP contribution in [0, 0.1) is 17.8 Å². The van der Waals surface area contributed by atoms with Gasteiger partial charge in [-0.3, -0.25) is 4.79 Å². The van der Waals surface area contributed by atoms with Crippen molar-refractivity contribution in [2.45, 2.75) is 77.5 Å². The molecule has 0 spiro atoms. The lowest BCUT2D eigenvalue weighted by molar-refractivity contribution is -0.152. The van der Waals surface area contributed by atoms with Crippen LogP contribution in [0.4, 0.5) is 0 Å². The Labute approximate surface area is 152 Å². The van der Waals surface area contributed by atoms with Crippen LogP contribution in [0.1, 0.15) is 58.9 Å². The number of hydrogen-bond donors (Lipinski definition) is 1. The molecule has 1 amide bonds. The minimum atomic E-state index is -0.163. The predicted octanol–water partition coefficient (Wildman–Crippen LogP) is 4.35. The van der Waals surface area contributed by atoms with Gasteiger partial charge in [-0.2, -0.15) is 0 Å². The zero-order valence-corrected chi connectivity index (χ0v) is 16.1. The molecule has 1 aromatic carbocycles. The van der Waals surface area contributed by atoms with Gasteiger partial charge >= 0.3 is 0 Å². The first-order chi connectivity index (χ1) is 11.9. The third-order valence-corrected chi connectivity index (χ3v) is 6.13. The SMILES string of the molecule is CC(C)C(=O)N[C@@]1(C)C[C@H](Cc2ccccc2)O[C@@H]2C[C@H](C)CC[C@H]21. The van der Waals surface area contributed by atoms with Gasteiger partial charge in [-0.25, -0.2) is 0 Å². The van der Waals surface area contributed by atoms with E-state index >= 15 is 0 Å². The minimum absolute atomic E-state index is 0.0215. The number of nitrogens with one attached hydrogen (secondary N) is 1. The summed E-state index contributed by atoms with van der Waals surface area (Å²) in [6, 6.07) is 10.6. The Bertz CT molecular complexity index is 585. The molecular formula is C22H33NO2. The smallest absolute Gasteiger partial charge is 0.222 e. The molecule has 1 aliphatic heterocycles. The minimum Gasteiger partial charge on any atom is -0.374 e. The zero-order chi connectivity index (χ0) is 18.0. The topological polar surface area (TPSA) is 38.3 Å². The molecule has 0 bridgehead atoms. The summed E-state index contributed by atoms with van der Waals surface area (Å²) >= 11 is 0. The van der Waals surface area contributed by atoms with Crippen molar-refractivity contribution in [2.24, 2.45) is 17.8 Å². The van der Waals surface area contributed by atoms with E-state index in [4.69, 9.17) is 4.74 Å². The number of benzene rings is 1. The standard InChI is InChI=1S/C22H33NO2/c1-15(2)21(24)23-22(4)14-18(13-17-8-6-5-7-9-17)25-20-12-16(3)10-11-19(20)22/h5-9,15-16,18-20H,10-14H2,1-4H3,(H,23,24)/t16-,18+,19-,20-,22+/m1/s1. The molecule has 3 heteroatoms. The third-order valence-electron chi connectivity index (χ3n) is 6.13. The van der Waals surface area contributed by atoms with Crippen molar-refractivity contribution in [3.8, 4) is 0 Å². The van der Waals surface area contributed by atoms with Crippen molar-refractivity contribution in [3.63, 3.8) is 0 Å². The Morgan fingerprint density at radius 1 is 1.28 bits per heavy atom. The van der Waals surface area contributed by atoms with Crippen molar-refractivity contribution < 1.29 is 9.53 Å². The summed E-state index contributed by atoms with van der Waals surface area (Å²) in [6.45, 7) is 8.52. The zero-order valence-electron chi connectivity index (χ0n) is 16.1. The van der Waals surface area contributed by atoms with Gasteiger partial charge in [0.2, 0.25) is 5.91 Å². The average molecular weight is 344 g/mol. The number of ether oxygens (including phenoxy) is 1. The van der Waals surface area contributed by atoms with Crippen LogP contribution < -0.4 is 5.32 Å². The van der Waals surface area contributed by atoms with E-state index in [9.17, 15) is 4.79 Å². The Hall–Kier alpha value is -1.35. The van der Waals surface area contributed by atoms with Crippen LogP contribution in [0.15, 0.2) is 30.3 Å². The molecule has 0 aromatic heterocycles. The quantitative estimate of drug-likeness (QED) is 0.882. The second-order valence-corrected chi connectivity index (χ2v) is 8.78. The summed E-state index contributed by atoms with van der Waals surface area (Å²) in [4.78, 5) is 12.5. The van der Waals surface area contributed by atoms with Gasteiger partial charge in [0.05, 0.1) is 12.2 Å². The molecule has 1 aliphatic carbocycles. The second kappa shape index (κ2) is 7.49. The van der Waals surface area contributed by atoms with E-state index in [1.165, 1.54) is 12.0 Å². The van der Waals surface area contributed by atoms with E-state index < -0.39 is 0 Å². The highest BCUT2D eigenvalue weighted by atomic mass is 16.5. The second-order valence-electron chi connectivity index (χ2n) is 8.78. The van der Waals surface area contributed by atoms with Crippen molar-refractivity contribution in [1.29, 1.82) is 0 Å². The lowest BCUT2D eigenvalue weighted by Crippen LogP contribution is -2.62. The number of hydrogen-bond acceptors (Lipinski definition) is 2. The summed E-state index contributed by atoms with van der Waals surface area (Å²) < 4.78 is 6.55. The van der Waals surface area contributed by atoms with Crippen LogP contribution >= 0.6 is 0 Å². The molecule has 2 fully saturated rings. The molecule has 2 aliphatic rings. The van der Waals surface area contributed by atoms with Gasteiger partial charge in [-0.15, -0.1) is 0 Å². The molecule has 25 heavy (non-hydrogen) atoms. The number of rotatable bonds is 4. The first-order valence-corrected chi connectivity index (χ1v) is 9.89. The summed E-state index contributed by atoms with van der Waals surface area (Å²) in [5, 5.41) is 3.41. The van der Waals surface area contributed by atoms with Crippen molar-refractivity contribution in [2.75, 3.05) is 0 Å². The molecule has 1 saturated heterocycles. The van der Waals surface area contributed by atoms with Crippen LogP contribution in [0.25, 0.3) is 0 Å². The summed E-state index contributed by atoms with van der Waals surface area (Å²) in [5.41, 5.74) is 1.15. The van der Waals surface area contributed by atoms with Crippen LogP contribution in [0.3, 0.4) is 0 Å². The molecule has 0 radical (unpaired) electrons. The molecule has 138 valence electrons. The first kappa shape index (κ1) is 18.4. The van der Waals surface area contributed by atoms with E-state index in [-0.39, 0.29) is 29.6 Å². The Morgan fingerprint density at radius 3 is 2.68 bits per heavy atom. The van der Waals surface area contributed by atoms with Crippen molar-refractivity contribution >= 4 is 5.91 Å². The van der Waals surface area contributed by atoms with E-state index in [1.54, 1.807) is 0 Å². The lowest BCUT2D eigenvalue weighted by Gasteiger charge is -2.52. The maximum absolute atomic E-state index is 12.5. The van der Waals surface area contributed by atoms with Crippen molar-refractivity contribution in [1.82, 2.24) is 5.32 Å². The molecule has 1 aromatic rings. The fourth-order valence-corrected chi connectivity index (χ4v) is 4.69. The summed E-state index contributed by atoms with van der Waals surface area (Å²) in [5.74, 6) is 1.33. The third kappa shape index (κ3) is 4.25. The largest absolute Gasteiger partial charge is 0.374 e. The van der Waals surface area contributed by atoms with Crippen LogP contribution in [-0.2, 0) is 16.0 Å². The number of carbonyl (C=O) groups is 1. The Kier molecular flexibility index (Phi) is 5.52. The maximum atomic E-state index is 12.5. The average Bonchev–Trinajstić information content (AvgIpc) is 2.54. The monoisotopic (exact) mass is 343 g/mol. The molecule has 1 N–H and O–H groups in total. The maximum Gasteiger partial charge on any atom is 0.222 e. The van der Waals surface area contributed by atoms with Gasteiger partial charge in [0.15, 0.2) is 0 Å². The van der Waals surface area contributed by atoms with Gasteiger partial charge in [0.25, 0.3) is 0 Å². The predicted molar refractivity (Wildman–Crippen MR) is 101 cm³/mol. The normalized spacial score (nSPS) is 35.2. The van der Waals surface area contributed by atoms with Gasteiger partial charge in [0.1, 0.15) is 0 Å². The van der Waals surface area contributed by atoms with Gasteiger partial charge < -0.3 is 10.1 Å². The molecule has 3 rings (SSSR count). The van der Waals surface area contributed by atoms with Crippen LogP contribution in [-0.4, -0.2) is 23.7 Å². The molecule has 1 saturated carbocycles. The summed E-state index contributed by atoms with van der Waals surface area (Å²) in [7, 11) is 0. The number of amides is 1. The molecule has 0 unspecified atom stereocenters. The van der Waals surface area contributed by atoms with Gasteiger partial charge in [-0.1, -0.05) is 57.5 Å². The van der Waals surface area contributed by atoms with Gasteiger partial charge in [-0.05, 0) is 44.1 Å². The number of fused-ring (bicyclic) bond motifs is 1. The highest BCUT2D eigenvalue weighted by molar-refractivity contribution is 5.78. The highest BCUT2D eigenvalue weighted by Gasteiger charge is 2.49. The molecular weight excluding hydrogens is 310 g/mol. The number of carbonyl (C=O) groups excluding carboxylic acids is 1. The first-order valence-electron chi connectivity index (χ1n) is 9.89. The molecule has 1 heterocycles. The van der Waals surface area contributed by atoms with E-state index in [1.807, 2.05) is 13.8 Å². The Morgan fingerprint density at radius 2 is 2.00 bits per heavy atom. The van der Waals surface area contributed by atoms with E-state index in [2.05, 4.69) is 49.5 Å². The fraction of sp³-hybridized carbons (Fsp3) is 0.682. The van der Waals surface area contributed by atoms with Crippen LogP contribution in [0.2, 0.25) is 0 Å². The highest BCUT2D eigenvalue weighted by Crippen LogP contribution is 2.44. The van der Waals surface area contributed by atoms with E-state index in [0.29, 0.717) is 11.8 Å². The lowest BCUT2D eigenvalue weighted by atomic mass is 9.66. The molecule has 5 atom stereocenters. The summed E-state index contributed by atoms with van der Waals surface area (Å²) in [6.07, 6.45) is 5.76. The Balaban J connectivity index is 1.79. The van der Waals surface area contributed by atoms with Gasteiger partial charge in [0, 0.05) is 17.4 Å².